The van der Waals surface area contributed by atoms with Crippen molar-refractivity contribution in [2.24, 2.45) is 5.92 Å². The fraction of sp³-hybridized carbons (Fsp3) is 0.643. The zero-order chi connectivity index (χ0) is 14.7. The zero-order valence-electron chi connectivity index (χ0n) is 12.2. The van der Waals surface area contributed by atoms with Crippen molar-refractivity contribution in [3.05, 3.63) is 23.3 Å². The molecule has 1 aliphatic rings. The fourth-order valence-corrected chi connectivity index (χ4v) is 2.35. The summed E-state index contributed by atoms with van der Waals surface area (Å²) >= 11 is 0. The minimum Gasteiger partial charge on any atom is -0.391 e. The number of hydrogen-bond acceptors (Lipinski definition) is 5. The molecule has 2 heterocycles. The standard InChI is InChI=1S/C14H22N4O2/c1-8(2)13-11(6-16-9(3)18-13)14(20)17-5-10-4-15-7-12(10)19/h6,8,10,12,15,19H,4-5,7H2,1-3H3,(H,17,20). The minimum absolute atomic E-state index is 0.0628. The van der Waals surface area contributed by atoms with Gasteiger partial charge in [0.2, 0.25) is 0 Å². The number of nitrogens with zero attached hydrogens (tertiary/aromatic N) is 2. The van der Waals surface area contributed by atoms with Gasteiger partial charge in [-0.1, -0.05) is 13.8 Å². The Labute approximate surface area is 119 Å². The normalized spacial score (nSPS) is 22.2. The van der Waals surface area contributed by atoms with Crippen LogP contribution in [0.5, 0.6) is 0 Å². The van der Waals surface area contributed by atoms with Crippen molar-refractivity contribution in [3.8, 4) is 0 Å². The van der Waals surface area contributed by atoms with Crippen molar-refractivity contribution in [1.82, 2.24) is 20.6 Å². The maximum atomic E-state index is 12.3. The molecule has 1 amide bonds. The molecule has 110 valence electrons. The van der Waals surface area contributed by atoms with E-state index in [0.717, 1.165) is 12.2 Å². The molecule has 1 fully saturated rings. The SMILES string of the molecule is Cc1ncc(C(=O)NCC2CNCC2O)c(C(C)C)n1. The molecule has 2 atom stereocenters. The summed E-state index contributed by atoms with van der Waals surface area (Å²) in [7, 11) is 0. The quantitative estimate of drug-likeness (QED) is 0.733. The van der Waals surface area contributed by atoms with Crippen molar-refractivity contribution >= 4 is 5.91 Å². The molecule has 6 heteroatoms. The maximum absolute atomic E-state index is 12.3. The first-order valence-electron chi connectivity index (χ1n) is 6.99. The van der Waals surface area contributed by atoms with Gasteiger partial charge < -0.3 is 15.7 Å². The largest absolute Gasteiger partial charge is 0.391 e. The second-order valence-electron chi connectivity index (χ2n) is 5.57. The zero-order valence-corrected chi connectivity index (χ0v) is 12.2. The summed E-state index contributed by atoms with van der Waals surface area (Å²) in [4.78, 5) is 20.7. The topological polar surface area (TPSA) is 87.1 Å². The van der Waals surface area contributed by atoms with E-state index in [1.54, 1.807) is 6.20 Å². The second kappa shape index (κ2) is 6.28. The summed E-state index contributed by atoms with van der Waals surface area (Å²) in [5.41, 5.74) is 1.28. The van der Waals surface area contributed by atoms with Crippen LogP contribution in [0, 0.1) is 12.8 Å². The number of β-amino-alcohol motifs (C(OH)–C–C–N with tert-alkyl or cyclic N) is 1. The molecule has 0 aliphatic carbocycles. The summed E-state index contributed by atoms with van der Waals surface area (Å²) < 4.78 is 0. The van der Waals surface area contributed by atoms with Crippen LogP contribution >= 0.6 is 0 Å². The Balaban J connectivity index is 2.05. The number of amides is 1. The highest BCUT2D eigenvalue weighted by atomic mass is 16.3. The first-order valence-corrected chi connectivity index (χ1v) is 6.99. The van der Waals surface area contributed by atoms with E-state index in [2.05, 4.69) is 20.6 Å². The second-order valence-corrected chi connectivity index (χ2v) is 5.57. The molecule has 1 aliphatic heterocycles. The highest BCUT2D eigenvalue weighted by molar-refractivity contribution is 5.95. The van der Waals surface area contributed by atoms with Gasteiger partial charge in [0.25, 0.3) is 5.91 Å². The van der Waals surface area contributed by atoms with Crippen molar-refractivity contribution in [2.45, 2.75) is 32.8 Å². The van der Waals surface area contributed by atoms with E-state index in [0.29, 0.717) is 24.5 Å². The van der Waals surface area contributed by atoms with E-state index in [1.165, 1.54) is 0 Å². The van der Waals surface area contributed by atoms with Gasteiger partial charge in [-0.2, -0.15) is 0 Å². The molecule has 2 unspecified atom stereocenters. The lowest BCUT2D eigenvalue weighted by atomic mass is 10.0. The van der Waals surface area contributed by atoms with Crippen molar-refractivity contribution < 1.29 is 9.90 Å². The summed E-state index contributed by atoms with van der Waals surface area (Å²) in [5.74, 6) is 0.720. The van der Waals surface area contributed by atoms with Gasteiger partial charge in [-0.25, -0.2) is 9.97 Å². The van der Waals surface area contributed by atoms with Gasteiger partial charge in [-0.15, -0.1) is 0 Å². The number of aromatic nitrogens is 2. The third-order valence-electron chi connectivity index (χ3n) is 3.56. The highest BCUT2D eigenvalue weighted by Gasteiger charge is 2.25. The average Bonchev–Trinajstić information content (AvgIpc) is 2.81. The van der Waals surface area contributed by atoms with Gasteiger partial charge in [0.1, 0.15) is 5.82 Å². The first-order chi connectivity index (χ1) is 9.49. The average molecular weight is 278 g/mol. The molecule has 0 spiro atoms. The van der Waals surface area contributed by atoms with Crippen LogP contribution in [0.2, 0.25) is 0 Å². The molecular weight excluding hydrogens is 256 g/mol. The number of hydrogen-bond donors (Lipinski definition) is 3. The predicted octanol–water partition coefficient (Wildman–Crippen LogP) is 0.219. The molecule has 0 radical (unpaired) electrons. The number of nitrogens with one attached hydrogen (secondary N) is 2. The number of aryl methyl sites for hydroxylation is 1. The van der Waals surface area contributed by atoms with E-state index < -0.39 is 6.10 Å². The third kappa shape index (κ3) is 3.32. The Kier molecular flexibility index (Phi) is 4.67. The van der Waals surface area contributed by atoms with Gasteiger partial charge in [0.05, 0.1) is 17.4 Å². The summed E-state index contributed by atoms with van der Waals surface area (Å²) in [6.45, 7) is 7.59. The van der Waals surface area contributed by atoms with Crippen molar-refractivity contribution in [2.75, 3.05) is 19.6 Å². The number of carbonyl (C=O) groups is 1. The van der Waals surface area contributed by atoms with Crippen LogP contribution in [0.25, 0.3) is 0 Å². The number of carbonyl (C=O) groups excluding carboxylic acids is 1. The smallest absolute Gasteiger partial charge is 0.254 e. The monoisotopic (exact) mass is 278 g/mol. The van der Waals surface area contributed by atoms with Crippen LogP contribution in [-0.2, 0) is 0 Å². The van der Waals surface area contributed by atoms with Gasteiger partial charge in [-0.05, 0) is 12.8 Å². The first kappa shape index (κ1) is 14.9. The predicted molar refractivity (Wildman–Crippen MR) is 75.6 cm³/mol. The molecular formula is C14H22N4O2. The molecule has 0 aromatic carbocycles. The van der Waals surface area contributed by atoms with Crippen LogP contribution in [-0.4, -0.2) is 46.7 Å². The van der Waals surface area contributed by atoms with Gasteiger partial charge >= 0.3 is 0 Å². The van der Waals surface area contributed by atoms with Gasteiger partial charge in [-0.3, -0.25) is 4.79 Å². The highest BCUT2D eigenvalue weighted by Crippen LogP contribution is 2.16. The summed E-state index contributed by atoms with van der Waals surface area (Å²) in [6, 6.07) is 0. The molecule has 0 saturated carbocycles. The van der Waals surface area contributed by atoms with E-state index in [9.17, 15) is 9.90 Å². The number of aliphatic hydroxyl groups is 1. The molecule has 1 saturated heterocycles. The van der Waals surface area contributed by atoms with Crippen molar-refractivity contribution in [1.29, 1.82) is 0 Å². The van der Waals surface area contributed by atoms with E-state index in [1.807, 2.05) is 20.8 Å². The Morgan fingerprint density at radius 3 is 2.90 bits per heavy atom. The fourth-order valence-electron chi connectivity index (χ4n) is 2.35. The van der Waals surface area contributed by atoms with Crippen LogP contribution in [0.15, 0.2) is 6.20 Å². The Bertz CT molecular complexity index is 490. The van der Waals surface area contributed by atoms with Gasteiger partial charge in [0.15, 0.2) is 0 Å². The summed E-state index contributed by atoms with van der Waals surface area (Å²) in [5, 5.41) is 15.7. The minimum atomic E-state index is -0.394. The Morgan fingerprint density at radius 2 is 2.30 bits per heavy atom. The molecule has 1 aromatic heterocycles. The van der Waals surface area contributed by atoms with Crippen molar-refractivity contribution in [3.63, 3.8) is 0 Å². The van der Waals surface area contributed by atoms with Gasteiger partial charge in [0, 0.05) is 31.7 Å². The Hall–Kier alpha value is -1.53. The molecule has 20 heavy (non-hydrogen) atoms. The lowest BCUT2D eigenvalue weighted by Gasteiger charge is -2.16. The number of aliphatic hydroxyl groups excluding tert-OH is 1. The molecule has 1 aromatic rings. The third-order valence-corrected chi connectivity index (χ3v) is 3.56. The van der Waals surface area contributed by atoms with Crippen LogP contribution in [0.1, 0.15) is 41.6 Å². The van der Waals surface area contributed by atoms with E-state index in [4.69, 9.17) is 0 Å². The molecule has 0 bridgehead atoms. The molecule has 6 nitrogen and oxygen atoms in total. The van der Waals surface area contributed by atoms with Crippen LogP contribution in [0.4, 0.5) is 0 Å². The van der Waals surface area contributed by atoms with Crippen LogP contribution in [0.3, 0.4) is 0 Å². The lowest BCUT2D eigenvalue weighted by molar-refractivity contribution is 0.0925. The molecule has 2 rings (SSSR count). The molecule has 3 N–H and O–H groups in total. The number of rotatable bonds is 4. The van der Waals surface area contributed by atoms with E-state index >= 15 is 0 Å². The van der Waals surface area contributed by atoms with E-state index in [-0.39, 0.29) is 17.7 Å². The lowest BCUT2D eigenvalue weighted by Crippen LogP contribution is -2.35. The summed E-state index contributed by atoms with van der Waals surface area (Å²) in [6.07, 6.45) is 1.19. The van der Waals surface area contributed by atoms with Crippen LogP contribution < -0.4 is 10.6 Å². The maximum Gasteiger partial charge on any atom is 0.254 e. The Morgan fingerprint density at radius 1 is 1.55 bits per heavy atom.